The molecule has 8 aromatic carbocycles. The van der Waals surface area contributed by atoms with Gasteiger partial charge in [-0.05, 0) is 125 Å². The summed E-state index contributed by atoms with van der Waals surface area (Å²) in [5, 5.41) is 2.44. The molecular weight excluding hydrogens is 639 g/mol. The molecule has 0 radical (unpaired) electrons. The second-order valence-corrected chi connectivity index (χ2v) is 14.3. The maximum Gasteiger partial charge on any atom is 0.0725 e. The lowest BCUT2D eigenvalue weighted by molar-refractivity contribution is 0.794. The number of nitrogens with zero attached hydrogens (tertiary/aromatic N) is 1. The normalized spacial score (nSPS) is 13.1. The minimum Gasteiger partial charge on any atom is -0.256 e. The Morgan fingerprint density at radius 1 is 0.302 bits per heavy atom. The van der Waals surface area contributed by atoms with Gasteiger partial charge in [0.1, 0.15) is 0 Å². The summed E-state index contributed by atoms with van der Waals surface area (Å²) in [5.41, 5.74) is 19.8. The Labute approximate surface area is 309 Å². The monoisotopic (exact) mass is 671 g/mol. The van der Waals surface area contributed by atoms with Crippen molar-refractivity contribution in [2.24, 2.45) is 0 Å². The first-order valence-electron chi connectivity index (χ1n) is 18.4. The zero-order valence-electron chi connectivity index (χ0n) is 29.0. The van der Waals surface area contributed by atoms with Crippen molar-refractivity contribution in [1.29, 1.82) is 0 Å². The van der Waals surface area contributed by atoms with Gasteiger partial charge in [0.2, 0.25) is 0 Å². The molecule has 0 fully saturated rings. The van der Waals surface area contributed by atoms with E-state index in [0.717, 1.165) is 11.3 Å². The first kappa shape index (κ1) is 29.9. The number of aromatic nitrogens is 1. The van der Waals surface area contributed by atoms with E-state index >= 15 is 0 Å². The van der Waals surface area contributed by atoms with E-state index < -0.39 is 0 Å². The molecule has 9 aromatic rings. The molecule has 0 atom stereocenters. The molecule has 0 amide bonds. The Kier molecular flexibility index (Phi) is 6.53. The molecule has 0 unspecified atom stereocenters. The summed E-state index contributed by atoms with van der Waals surface area (Å²) < 4.78 is 0. The maximum absolute atomic E-state index is 4.66. The van der Waals surface area contributed by atoms with Crippen LogP contribution in [0.5, 0.6) is 0 Å². The highest BCUT2D eigenvalue weighted by molar-refractivity contribution is 6.02. The number of benzene rings is 8. The fraction of sp³-hybridized carbons (Fsp3) is 0.0192. The van der Waals surface area contributed by atoms with E-state index in [1.165, 1.54) is 88.7 Å². The zero-order valence-corrected chi connectivity index (χ0v) is 29.0. The third-order valence-electron chi connectivity index (χ3n) is 11.5. The molecule has 0 aliphatic heterocycles. The molecule has 0 bridgehead atoms. The van der Waals surface area contributed by atoms with Crippen molar-refractivity contribution in [3.05, 3.63) is 223 Å². The molecule has 1 spiro atoms. The number of fused-ring (bicyclic) bond motifs is 11. The average molecular weight is 672 g/mol. The smallest absolute Gasteiger partial charge is 0.0725 e. The molecule has 53 heavy (non-hydrogen) atoms. The van der Waals surface area contributed by atoms with E-state index in [0.29, 0.717) is 0 Å². The summed E-state index contributed by atoms with van der Waals surface area (Å²) in [7, 11) is 0. The average Bonchev–Trinajstić information content (AvgIpc) is 3.71. The molecule has 1 nitrogen and oxygen atoms in total. The summed E-state index contributed by atoms with van der Waals surface area (Å²) >= 11 is 0. The lowest BCUT2D eigenvalue weighted by Crippen LogP contribution is -2.25. The summed E-state index contributed by atoms with van der Waals surface area (Å²) in [4.78, 5) is 4.66. The zero-order chi connectivity index (χ0) is 34.9. The Morgan fingerprint density at radius 3 is 1.45 bits per heavy atom. The van der Waals surface area contributed by atoms with Crippen LogP contribution in [0.15, 0.2) is 200 Å². The number of pyridine rings is 1. The van der Waals surface area contributed by atoms with Gasteiger partial charge >= 0.3 is 0 Å². The second kappa shape index (κ2) is 11.6. The van der Waals surface area contributed by atoms with Crippen molar-refractivity contribution in [2.75, 3.05) is 0 Å². The molecule has 2 aliphatic carbocycles. The maximum atomic E-state index is 4.66. The van der Waals surface area contributed by atoms with Crippen LogP contribution in [0.3, 0.4) is 0 Å². The van der Waals surface area contributed by atoms with Crippen molar-refractivity contribution in [3.8, 4) is 66.9 Å². The van der Waals surface area contributed by atoms with Gasteiger partial charge in [0.05, 0.1) is 11.1 Å². The van der Waals surface area contributed by atoms with Gasteiger partial charge in [-0.2, -0.15) is 0 Å². The fourth-order valence-electron chi connectivity index (χ4n) is 9.20. The Balaban J connectivity index is 1.02. The van der Waals surface area contributed by atoms with Crippen LogP contribution in [-0.2, 0) is 5.41 Å². The quantitative estimate of drug-likeness (QED) is 0.181. The van der Waals surface area contributed by atoms with Crippen LogP contribution in [0.1, 0.15) is 22.3 Å². The molecule has 1 aromatic heterocycles. The van der Waals surface area contributed by atoms with Crippen LogP contribution < -0.4 is 0 Å². The van der Waals surface area contributed by atoms with E-state index in [4.69, 9.17) is 0 Å². The molecule has 2 aliphatic rings. The van der Waals surface area contributed by atoms with Gasteiger partial charge in [-0.3, -0.25) is 4.98 Å². The van der Waals surface area contributed by atoms with Crippen molar-refractivity contribution in [1.82, 2.24) is 4.98 Å². The van der Waals surface area contributed by atoms with Gasteiger partial charge < -0.3 is 0 Å². The Bertz CT molecular complexity index is 2800. The molecule has 0 N–H and O–H groups in total. The molecule has 11 rings (SSSR count). The molecule has 1 heterocycles. The van der Waals surface area contributed by atoms with E-state index in [2.05, 4.69) is 187 Å². The van der Waals surface area contributed by atoms with E-state index in [1.807, 2.05) is 18.3 Å². The lowest BCUT2D eigenvalue weighted by atomic mass is 9.70. The van der Waals surface area contributed by atoms with Gasteiger partial charge in [0, 0.05) is 11.8 Å². The van der Waals surface area contributed by atoms with Gasteiger partial charge in [0.25, 0.3) is 0 Å². The first-order valence-corrected chi connectivity index (χ1v) is 18.4. The standard InChI is InChI=1S/C52H33N/c1-2-12-36(13-3-1)45-32-40(51-20-10-11-29-53-51)30-39-26-25-37(31-46(39)45)34-21-23-35(24-22-34)38-27-28-44-43-16-6-9-19-49(43)52(50(44)33-38)47-17-7-4-14-41(47)42-15-5-8-18-48(42)52/h1-33H. The summed E-state index contributed by atoms with van der Waals surface area (Å²) in [6.45, 7) is 0. The highest BCUT2D eigenvalue weighted by Crippen LogP contribution is 2.63. The number of hydrogen-bond donors (Lipinski definition) is 0. The molecule has 0 saturated carbocycles. The van der Waals surface area contributed by atoms with Gasteiger partial charge in [-0.15, -0.1) is 0 Å². The minimum absolute atomic E-state index is 0.340. The predicted octanol–water partition coefficient (Wildman–Crippen LogP) is 13.2. The lowest BCUT2D eigenvalue weighted by Gasteiger charge is -2.30. The summed E-state index contributed by atoms with van der Waals surface area (Å²) in [5.74, 6) is 0. The Hall–Kier alpha value is -6.83. The van der Waals surface area contributed by atoms with Gasteiger partial charge in [-0.1, -0.05) is 158 Å². The summed E-state index contributed by atoms with van der Waals surface area (Å²) in [6, 6.07) is 71.5. The largest absolute Gasteiger partial charge is 0.256 e. The van der Waals surface area contributed by atoms with Crippen LogP contribution >= 0.6 is 0 Å². The second-order valence-electron chi connectivity index (χ2n) is 14.3. The molecule has 0 saturated heterocycles. The fourth-order valence-corrected chi connectivity index (χ4v) is 9.20. The van der Waals surface area contributed by atoms with Crippen molar-refractivity contribution in [2.45, 2.75) is 5.41 Å². The molecule has 246 valence electrons. The highest BCUT2D eigenvalue weighted by atomic mass is 14.7. The van der Waals surface area contributed by atoms with Crippen molar-refractivity contribution < 1.29 is 0 Å². The van der Waals surface area contributed by atoms with Crippen LogP contribution in [0, 0.1) is 0 Å². The van der Waals surface area contributed by atoms with Crippen LogP contribution in [0.25, 0.3) is 77.7 Å². The van der Waals surface area contributed by atoms with Crippen LogP contribution in [-0.4, -0.2) is 4.98 Å². The number of hydrogen-bond acceptors (Lipinski definition) is 1. The number of rotatable bonds is 4. The summed E-state index contributed by atoms with van der Waals surface area (Å²) in [6.07, 6.45) is 1.86. The third-order valence-corrected chi connectivity index (χ3v) is 11.5. The van der Waals surface area contributed by atoms with Crippen molar-refractivity contribution >= 4 is 10.8 Å². The van der Waals surface area contributed by atoms with Crippen LogP contribution in [0.2, 0.25) is 0 Å². The van der Waals surface area contributed by atoms with Crippen LogP contribution in [0.4, 0.5) is 0 Å². The topological polar surface area (TPSA) is 12.9 Å². The van der Waals surface area contributed by atoms with Gasteiger partial charge in [-0.25, -0.2) is 0 Å². The molecular formula is C52H33N. The van der Waals surface area contributed by atoms with E-state index in [1.54, 1.807) is 0 Å². The third kappa shape index (κ3) is 4.41. The molecule has 1 heteroatoms. The minimum atomic E-state index is -0.340. The predicted molar refractivity (Wildman–Crippen MR) is 220 cm³/mol. The van der Waals surface area contributed by atoms with Crippen molar-refractivity contribution in [3.63, 3.8) is 0 Å². The first-order chi connectivity index (χ1) is 26.3. The van der Waals surface area contributed by atoms with Gasteiger partial charge in [0.15, 0.2) is 0 Å². The van der Waals surface area contributed by atoms with E-state index in [-0.39, 0.29) is 5.41 Å². The highest BCUT2D eigenvalue weighted by Gasteiger charge is 2.51. The SMILES string of the molecule is c1ccc(-c2cc(-c3ccccn3)cc3ccc(-c4ccc(-c5ccc6c(c5)C5(c7ccccc7-c7ccccc75)c5ccccc5-6)cc4)cc23)cc1. The Morgan fingerprint density at radius 2 is 0.830 bits per heavy atom. The van der Waals surface area contributed by atoms with E-state index in [9.17, 15) is 0 Å².